The van der Waals surface area contributed by atoms with Crippen LogP contribution in [0, 0.1) is 5.41 Å². The number of aryl methyl sites for hydroxylation is 1. The second-order valence-electron chi connectivity index (χ2n) is 4.41. The van der Waals surface area contributed by atoms with Gasteiger partial charge in [0.2, 0.25) is 0 Å². The monoisotopic (exact) mass is 249 g/mol. The number of hydrogen-bond acceptors (Lipinski definition) is 2. The zero-order valence-corrected chi connectivity index (χ0v) is 10.8. The Morgan fingerprint density at radius 1 is 1.00 bits per heavy atom. The molecule has 0 radical (unpaired) electrons. The maximum absolute atomic E-state index is 8.10. The number of benzene rings is 2. The molecule has 0 spiro atoms. The number of nitrogens with zero attached hydrogens (tertiary/aromatic N) is 2. The zero-order chi connectivity index (χ0) is 13.2. The van der Waals surface area contributed by atoms with Crippen molar-refractivity contribution in [3.8, 4) is 11.4 Å². The first kappa shape index (κ1) is 11.7. The second-order valence-corrected chi connectivity index (χ2v) is 4.41. The third-order valence-corrected chi connectivity index (χ3v) is 3.27. The van der Waals surface area contributed by atoms with E-state index in [1.807, 2.05) is 54.6 Å². The van der Waals surface area contributed by atoms with E-state index in [4.69, 9.17) is 5.41 Å². The van der Waals surface area contributed by atoms with Crippen molar-refractivity contribution in [2.75, 3.05) is 0 Å². The van der Waals surface area contributed by atoms with Gasteiger partial charge in [0.25, 0.3) is 0 Å². The van der Waals surface area contributed by atoms with E-state index >= 15 is 0 Å². The van der Waals surface area contributed by atoms with Crippen LogP contribution >= 0.6 is 0 Å². The average molecular weight is 249 g/mol. The Bertz CT molecular complexity index is 773. The SMILES string of the molecule is CCn1c(-c2ccccc2)nc(=N)c2ccccc21. The minimum atomic E-state index is 0.333. The van der Waals surface area contributed by atoms with Crippen LogP contribution in [0.1, 0.15) is 6.92 Å². The normalized spacial score (nSPS) is 10.8. The van der Waals surface area contributed by atoms with Gasteiger partial charge in [0, 0.05) is 17.5 Å². The van der Waals surface area contributed by atoms with Crippen LogP contribution in [0.25, 0.3) is 22.3 Å². The van der Waals surface area contributed by atoms with Gasteiger partial charge in [-0.1, -0.05) is 42.5 Å². The Hall–Kier alpha value is -2.42. The van der Waals surface area contributed by atoms with Crippen molar-refractivity contribution in [3.05, 3.63) is 60.1 Å². The summed E-state index contributed by atoms with van der Waals surface area (Å²) in [6.45, 7) is 2.93. The van der Waals surface area contributed by atoms with Crippen LogP contribution in [0.3, 0.4) is 0 Å². The van der Waals surface area contributed by atoms with Crippen LogP contribution in [0.5, 0.6) is 0 Å². The number of aromatic nitrogens is 2. The van der Waals surface area contributed by atoms with E-state index in [2.05, 4.69) is 16.5 Å². The highest BCUT2D eigenvalue weighted by atomic mass is 15.1. The highest BCUT2D eigenvalue weighted by Gasteiger charge is 2.08. The Morgan fingerprint density at radius 3 is 2.42 bits per heavy atom. The summed E-state index contributed by atoms with van der Waals surface area (Å²) in [6.07, 6.45) is 0. The predicted octanol–water partition coefficient (Wildman–Crippen LogP) is 3.20. The van der Waals surface area contributed by atoms with Gasteiger partial charge in [-0.2, -0.15) is 0 Å². The predicted molar refractivity (Wildman–Crippen MR) is 76.7 cm³/mol. The fourth-order valence-corrected chi connectivity index (χ4v) is 2.38. The number of rotatable bonds is 2. The van der Waals surface area contributed by atoms with Crippen LogP contribution < -0.4 is 5.49 Å². The van der Waals surface area contributed by atoms with E-state index in [9.17, 15) is 0 Å². The highest BCUT2D eigenvalue weighted by Crippen LogP contribution is 2.20. The summed E-state index contributed by atoms with van der Waals surface area (Å²) in [4.78, 5) is 4.47. The fraction of sp³-hybridized carbons (Fsp3) is 0.125. The maximum atomic E-state index is 8.10. The lowest BCUT2D eigenvalue weighted by molar-refractivity contribution is 0.771. The summed E-state index contributed by atoms with van der Waals surface area (Å²) in [6, 6.07) is 18.0. The number of hydrogen-bond donors (Lipinski definition) is 1. The molecule has 3 heteroatoms. The lowest BCUT2D eigenvalue weighted by Gasteiger charge is -2.14. The van der Waals surface area contributed by atoms with Crippen LogP contribution in [0.15, 0.2) is 54.6 Å². The van der Waals surface area contributed by atoms with Crippen molar-refractivity contribution in [2.24, 2.45) is 0 Å². The third kappa shape index (κ3) is 1.93. The van der Waals surface area contributed by atoms with Crippen LogP contribution in [0.2, 0.25) is 0 Å². The lowest BCUT2D eigenvalue weighted by Crippen LogP contribution is -2.16. The number of fused-ring (bicyclic) bond motifs is 1. The molecule has 0 aliphatic carbocycles. The van der Waals surface area contributed by atoms with Gasteiger partial charge < -0.3 is 4.57 Å². The molecule has 0 aliphatic heterocycles. The van der Waals surface area contributed by atoms with Crippen molar-refractivity contribution in [3.63, 3.8) is 0 Å². The first-order valence-corrected chi connectivity index (χ1v) is 6.41. The summed E-state index contributed by atoms with van der Waals surface area (Å²) < 4.78 is 2.16. The highest BCUT2D eigenvalue weighted by molar-refractivity contribution is 5.80. The molecule has 1 N–H and O–H groups in total. The summed E-state index contributed by atoms with van der Waals surface area (Å²) in [7, 11) is 0. The lowest BCUT2D eigenvalue weighted by atomic mass is 10.1. The molecule has 19 heavy (non-hydrogen) atoms. The molecule has 94 valence electrons. The van der Waals surface area contributed by atoms with E-state index in [0.29, 0.717) is 5.49 Å². The van der Waals surface area contributed by atoms with Gasteiger partial charge in [0.1, 0.15) is 5.82 Å². The van der Waals surface area contributed by atoms with Crippen molar-refractivity contribution >= 4 is 10.9 Å². The summed E-state index contributed by atoms with van der Waals surface area (Å²) in [5.74, 6) is 0.854. The molecule has 0 saturated heterocycles. The molecule has 0 fully saturated rings. The van der Waals surface area contributed by atoms with Gasteiger partial charge in [-0.25, -0.2) is 4.98 Å². The van der Waals surface area contributed by atoms with Crippen molar-refractivity contribution < 1.29 is 0 Å². The Kier molecular flexibility index (Phi) is 2.88. The van der Waals surface area contributed by atoms with Gasteiger partial charge in [0.05, 0.1) is 5.52 Å². The molecule has 0 saturated carbocycles. The van der Waals surface area contributed by atoms with Crippen molar-refractivity contribution in [2.45, 2.75) is 13.5 Å². The fourth-order valence-electron chi connectivity index (χ4n) is 2.38. The Balaban J connectivity index is 2.41. The molecule has 1 heterocycles. The van der Waals surface area contributed by atoms with E-state index in [1.54, 1.807) is 0 Å². The topological polar surface area (TPSA) is 41.7 Å². The molecule has 0 amide bonds. The van der Waals surface area contributed by atoms with Gasteiger partial charge in [0.15, 0.2) is 5.49 Å². The molecule has 3 rings (SSSR count). The van der Waals surface area contributed by atoms with Crippen LogP contribution in [-0.4, -0.2) is 9.55 Å². The molecule has 0 atom stereocenters. The summed E-state index contributed by atoms with van der Waals surface area (Å²) in [5.41, 5.74) is 2.44. The smallest absolute Gasteiger partial charge is 0.156 e. The average Bonchev–Trinajstić information content (AvgIpc) is 2.48. The van der Waals surface area contributed by atoms with Crippen LogP contribution in [0.4, 0.5) is 0 Å². The quantitative estimate of drug-likeness (QED) is 0.744. The first-order valence-electron chi connectivity index (χ1n) is 6.41. The summed E-state index contributed by atoms with van der Waals surface area (Å²) >= 11 is 0. The van der Waals surface area contributed by atoms with Crippen molar-refractivity contribution in [1.82, 2.24) is 9.55 Å². The van der Waals surface area contributed by atoms with Gasteiger partial charge in [-0.3, -0.25) is 5.41 Å². The maximum Gasteiger partial charge on any atom is 0.156 e. The third-order valence-electron chi connectivity index (χ3n) is 3.27. The molecule has 3 nitrogen and oxygen atoms in total. The minimum Gasteiger partial charge on any atom is -0.325 e. The minimum absolute atomic E-state index is 0.333. The zero-order valence-electron chi connectivity index (χ0n) is 10.8. The Morgan fingerprint density at radius 2 is 1.68 bits per heavy atom. The molecule has 2 aromatic carbocycles. The number of nitrogens with one attached hydrogen (secondary N) is 1. The molecule has 0 bridgehead atoms. The summed E-state index contributed by atoms with van der Waals surface area (Å²) in [5, 5.41) is 8.99. The van der Waals surface area contributed by atoms with Gasteiger partial charge >= 0.3 is 0 Å². The van der Waals surface area contributed by atoms with Gasteiger partial charge in [-0.15, -0.1) is 0 Å². The van der Waals surface area contributed by atoms with Crippen LogP contribution in [-0.2, 0) is 6.54 Å². The second kappa shape index (κ2) is 4.69. The molecule has 0 aliphatic rings. The first-order chi connectivity index (χ1) is 9.31. The van der Waals surface area contributed by atoms with Crippen molar-refractivity contribution in [1.29, 1.82) is 5.41 Å². The molecule has 1 aromatic heterocycles. The molecule has 3 aromatic rings. The Labute approximate surface area is 111 Å². The molecule has 0 unspecified atom stereocenters. The van der Waals surface area contributed by atoms with E-state index in [1.165, 1.54) is 0 Å². The molecular weight excluding hydrogens is 234 g/mol. The van der Waals surface area contributed by atoms with E-state index in [-0.39, 0.29) is 0 Å². The standard InChI is InChI=1S/C16H15N3/c1-2-19-14-11-7-6-10-13(14)15(17)18-16(19)12-8-4-3-5-9-12/h3-11,17H,2H2,1H3. The molecular formula is C16H15N3. The largest absolute Gasteiger partial charge is 0.325 e. The van der Waals surface area contributed by atoms with Gasteiger partial charge in [-0.05, 0) is 19.1 Å². The van der Waals surface area contributed by atoms with E-state index < -0.39 is 0 Å². The number of para-hydroxylation sites is 1. The van der Waals surface area contributed by atoms with E-state index in [0.717, 1.165) is 28.8 Å².